The molecule has 0 bridgehead atoms. The van der Waals surface area contributed by atoms with E-state index in [1.807, 2.05) is 17.9 Å². The number of alkyl halides is 3. The first-order chi connectivity index (χ1) is 17.3. The van der Waals surface area contributed by atoms with Gasteiger partial charge in [-0.1, -0.05) is 41.7 Å². The lowest BCUT2D eigenvalue weighted by Crippen LogP contribution is -2.58. The van der Waals surface area contributed by atoms with Crippen molar-refractivity contribution in [2.45, 2.75) is 44.6 Å². The van der Waals surface area contributed by atoms with Gasteiger partial charge in [0.1, 0.15) is 0 Å². The van der Waals surface area contributed by atoms with Crippen molar-refractivity contribution in [3.05, 3.63) is 59.7 Å². The second kappa shape index (κ2) is 10.3. The van der Waals surface area contributed by atoms with Crippen LogP contribution in [-0.4, -0.2) is 65.6 Å². The average Bonchev–Trinajstić information content (AvgIpc) is 3.29. The highest BCUT2D eigenvalue weighted by atomic mass is 32.1. The fourth-order valence-corrected chi connectivity index (χ4v) is 6.03. The second-order valence-electron chi connectivity index (χ2n) is 9.65. The number of carbonyl (C=O) groups excluding carboxylic acids is 1. The Morgan fingerprint density at radius 1 is 1.08 bits per heavy atom. The number of thiazole rings is 1. The number of anilines is 1. The Labute approximate surface area is 212 Å². The summed E-state index contributed by atoms with van der Waals surface area (Å²) in [4.78, 5) is 23.9. The summed E-state index contributed by atoms with van der Waals surface area (Å²) in [6, 6.07) is 14.2. The third-order valence-electron chi connectivity index (χ3n) is 7.03. The van der Waals surface area contributed by atoms with E-state index in [2.05, 4.69) is 44.4 Å². The van der Waals surface area contributed by atoms with Crippen molar-refractivity contribution in [2.75, 3.05) is 37.6 Å². The molecule has 1 N–H and O–H groups in total. The van der Waals surface area contributed by atoms with Gasteiger partial charge in [-0.25, -0.2) is 9.78 Å². The molecule has 0 unspecified atom stereocenters. The number of amides is 2. The van der Waals surface area contributed by atoms with Crippen molar-refractivity contribution in [1.82, 2.24) is 20.1 Å². The lowest BCUT2D eigenvalue weighted by molar-refractivity contribution is -0.137. The molecule has 1 aromatic heterocycles. The van der Waals surface area contributed by atoms with Crippen molar-refractivity contribution in [3.63, 3.8) is 0 Å². The molecular weight excluding hydrogens is 487 g/mol. The van der Waals surface area contributed by atoms with Gasteiger partial charge in [-0.2, -0.15) is 13.2 Å². The van der Waals surface area contributed by atoms with Crippen LogP contribution in [0, 0.1) is 0 Å². The molecule has 3 heterocycles. The number of piperidine rings is 1. The normalized spacial score (nSPS) is 20.2. The van der Waals surface area contributed by atoms with Crippen LogP contribution in [-0.2, 0) is 12.7 Å². The first-order valence-electron chi connectivity index (χ1n) is 12.3. The number of urea groups is 1. The summed E-state index contributed by atoms with van der Waals surface area (Å²) in [5, 5.41) is 3.92. The van der Waals surface area contributed by atoms with Crippen LogP contribution in [0.4, 0.5) is 23.1 Å². The molecule has 0 radical (unpaired) electrons. The summed E-state index contributed by atoms with van der Waals surface area (Å²) in [7, 11) is 0. The molecule has 2 aliphatic rings. The zero-order valence-electron chi connectivity index (χ0n) is 20.2. The minimum absolute atomic E-state index is 0.0327. The van der Waals surface area contributed by atoms with Crippen LogP contribution in [0.15, 0.2) is 48.5 Å². The molecular formula is C26H30F3N5OS. The lowest BCUT2D eigenvalue weighted by atomic mass is 10.0. The number of halogens is 3. The van der Waals surface area contributed by atoms with Crippen molar-refractivity contribution >= 4 is 32.7 Å². The predicted molar refractivity (Wildman–Crippen MR) is 136 cm³/mol. The Hall–Kier alpha value is -2.85. The number of benzene rings is 2. The number of nitrogens with zero attached hydrogens (tertiary/aromatic N) is 4. The van der Waals surface area contributed by atoms with E-state index in [0.717, 1.165) is 44.6 Å². The number of hydrogen-bond acceptors (Lipinski definition) is 5. The van der Waals surface area contributed by atoms with Crippen molar-refractivity contribution < 1.29 is 18.0 Å². The van der Waals surface area contributed by atoms with Gasteiger partial charge in [-0.15, -0.1) is 0 Å². The quantitative estimate of drug-likeness (QED) is 0.517. The fraction of sp³-hybridized carbons (Fsp3) is 0.462. The Morgan fingerprint density at radius 3 is 2.53 bits per heavy atom. The third kappa shape index (κ3) is 5.59. The van der Waals surface area contributed by atoms with Gasteiger partial charge in [0.05, 0.1) is 15.8 Å². The SMILES string of the molecule is C[C@@H]1CN(c2nc3ccc(C(F)(F)F)cc3s2)CCN1C(=O)NC1CCN(Cc2ccccc2)CC1. The number of carbonyl (C=O) groups is 1. The van der Waals surface area contributed by atoms with Crippen molar-refractivity contribution in [3.8, 4) is 0 Å². The smallest absolute Gasteiger partial charge is 0.344 e. The minimum Gasteiger partial charge on any atom is -0.344 e. The molecule has 36 heavy (non-hydrogen) atoms. The van der Waals surface area contributed by atoms with Gasteiger partial charge >= 0.3 is 12.2 Å². The highest BCUT2D eigenvalue weighted by Crippen LogP contribution is 2.35. The molecule has 2 aromatic carbocycles. The van der Waals surface area contributed by atoms with Gasteiger partial charge in [0.15, 0.2) is 5.13 Å². The van der Waals surface area contributed by atoms with Crippen molar-refractivity contribution in [2.24, 2.45) is 0 Å². The third-order valence-corrected chi connectivity index (χ3v) is 8.11. The molecule has 3 aromatic rings. The summed E-state index contributed by atoms with van der Waals surface area (Å²) < 4.78 is 39.7. The van der Waals surface area contributed by atoms with Gasteiger partial charge < -0.3 is 15.1 Å². The van der Waals surface area contributed by atoms with Gasteiger partial charge in [0.25, 0.3) is 0 Å². The van der Waals surface area contributed by atoms with Crippen LogP contribution in [0.1, 0.15) is 30.9 Å². The standard InChI is InChI=1S/C26H30F3N5OS/c1-18-16-33(25-31-22-8-7-20(26(27,28)29)15-23(22)36-25)13-14-34(18)24(35)30-21-9-11-32(12-10-21)17-19-5-3-2-4-6-19/h2-8,15,18,21H,9-14,16-17H2,1H3,(H,30,35)/t18-/m1/s1. The second-order valence-corrected chi connectivity index (χ2v) is 10.7. The molecule has 10 heteroatoms. The maximum absolute atomic E-state index is 13.1. The molecule has 2 amide bonds. The van der Waals surface area contributed by atoms with Crippen LogP contribution in [0.3, 0.4) is 0 Å². The highest BCUT2D eigenvalue weighted by Gasteiger charge is 2.32. The molecule has 0 saturated carbocycles. The first kappa shape index (κ1) is 24.8. The highest BCUT2D eigenvalue weighted by molar-refractivity contribution is 7.22. The maximum atomic E-state index is 13.1. The number of piperazine rings is 1. The van der Waals surface area contributed by atoms with Crippen molar-refractivity contribution in [1.29, 1.82) is 0 Å². The molecule has 6 nitrogen and oxygen atoms in total. The Morgan fingerprint density at radius 2 is 1.83 bits per heavy atom. The van der Waals surface area contributed by atoms with E-state index in [1.54, 1.807) is 0 Å². The molecule has 2 saturated heterocycles. The summed E-state index contributed by atoms with van der Waals surface area (Å²) in [5.41, 5.74) is 1.21. The van der Waals surface area contributed by atoms with Crippen LogP contribution in [0.2, 0.25) is 0 Å². The van der Waals surface area contributed by atoms with Crippen LogP contribution in [0.5, 0.6) is 0 Å². The summed E-state index contributed by atoms with van der Waals surface area (Å²) in [6.45, 7) is 6.58. The Bertz CT molecular complexity index is 1190. The van der Waals surface area contributed by atoms with Gasteiger partial charge in [0.2, 0.25) is 0 Å². The Balaban J connectivity index is 1.13. The number of aromatic nitrogens is 1. The number of fused-ring (bicyclic) bond motifs is 1. The first-order valence-corrected chi connectivity index (χ1v) is 13.1. The fourth-order valence-electron chi connectivity index (χ4n) is 4.99. The van der Waals surface area contributed by atoms with Crippen LogP contribution in [0.25, 0.3) is 10.2 Å². The molecule has 0 spiro atoms. The number of likely N-dealkylation sites (tertiary alicyclic amines) is 1. The number of nitrogens with one attached hydrogen (secondary N) is 1. The monoisotopic (exact) mass is 517 g/mol. The average molecular weight is 518 g/mol. The molecule has 192 valence electrons. The summed E-state index contributed by atoms with van der Waals surface area (Å²) >= 11 is 1.27. The maximum Gasteiger partial charge on any atom is 0.416 e. The van der Waals surface area contributed by atoms with E-state index in [4.69, 9.17) is 0 Å². The molecule has 2 aliphatic heterocycles. The predicted octanol–water partition coefficient (Wildman–Crippen LogP) is 5.20. The topological polar surface area (TPSA) is 51.7 Å². The zero-order chi connectivity index (χ0) is 25.3. The largest absolute Gasteiger partial charge is 0.416 e. The zero-order valence-corrected chi connectivity index (χ0v) is 21.0. The minimum atomic E-state index is -4.37. The van der Waals surface area contributed by atoms with E-state index in [9.17, 15) is 18.0 Å². The van der Waals surface area contributed by atoms with Gasteiger partial charge in [-0.05, 0) is 43.5 Å². The van der Waals surface area contributed by atoms with E-state index < -0.39 is 11.7 Å². The number of hydrogen-bond donors (Lipinski definition) is 1. The lowest BCUT2D eigenvalue weighted by Gasteiger charge is -2.41. The molecule has 5 rings (SSSR count). The Kier molecular flexibility index (Phi) is 7.07. The van der Waals surface area contributed by atoms with E-state index in [-0.39, 0.29) is 18.1 Å². The summed E-state index contributed by atoms with van der Waals surface area (Å²) in [5.74, 6) is 0. The van der Waals surface area contributed by atoms with Gasteiger partial charge in [-0.3, -0.25) is 4.90 Å². The van der Waals surface area contributed by atoms with E-state index in [1.165, 1.54) is 23.0 Å². The number of rotatable bonds is 4. The van der Waals surface area contributed by atoms with Gasteiger partial charge in [0, 0.05) is 51.4 Å². The molecule has 2 fully saturated rings. The molecule has 1 atom stereocenters. The van der Waals surface area contributed by atoms with Crippen LogP contribution >= 0.6 is 11.3 Å². The van der Waals surface area contributed by atoms with E-state index in [0.29, 0.717) is 35.0 Å². The summed E-state index contributed by atoms with van der Waals surface area (Å²) in [6.07, 6.45) is -2.51. The van der Waals surface area contributed by atoms with Crippen LogP contribution < -0.4 is 10.2 Å². The molecule has 0 aliphatic carbocycles. The van der Waals surface area contributed by atoms with E-state index >= 15 is 0 Å².